The normalized spacial score (nSPS) is 27.3. The highest BCUT2D eigenvalue weighted by Gasteiger charge is 2.17. The first kappa shape index (κ1) is 9.01. The first-order valence-electron chi connectivity index (χ1n) is 4.70. The monoisotopic (exact) mass is 157 g/mol. The summed E-state index contributed by atoms with van der Waals surface area (Å²) >= 11 is 0. The minimum Gasteiger partial charge on any atom is -0.377 e. The van der Waals surface area contributed by atoms with Crippen molar-refractivity contribution in [3.8, 4) is 0 Å². The van der Waals surface area contributed by atoms with Gasteiger partial charge < -0.3 is 9.64 Å². The number of hydrogen-bond donors (Lipinski definition) is 0. The second kappa shape index (κ2) is 4.73. The molecule has 1 fully saturated rings. The highest BCUT2D eigenvalue weighted by Crippen LogP contribution is 2.12. The SMILES string of the molecule is CCO[C@H]1CCCN(CC)C1. The van der Waals surface area contributed by atoms with E-state index in [0.29, 0.717) is 6.10 Å². The summed E-state index contributed by atoms with van der Waals surface area (Å²) < 4.78 is 5.57. The molecule has 1 aliphatic heterocycles. The van der Waals surface area contributed by atoms with Crippen LogP contribution in [0.25, 0.3) is 0 Å². The third kappa shape index (κ3) is 2.80. The quantitative estimate of drug-likeness (QED) is 0.615. The van der Waals surface area contributed by atoms with Gasteiger partial charge in [0.25, 0.3) is 0 Å². The zero-order valence-corrected chi connectivity index (χ0v) is 7.68. The summed E-state index contributed by atoms with van der Waals surface area (Å²) in [6, 6.07) is 0. The Labute approximate surface area is 69.5 Å². The van der Waals surface area contributed by atoms with Gasteiger partial charge in [0.1, 0.15) is 0 Å². The van der Waals surface area contributed by atoms with Crippen molar-refractivity contribution in [3.63, 3.8) is 0 Å². The maximum atomic E-state index is 5.57. The van der Waals surface area contributed by atoms with Gasteiger partial charge in [-0.25, -0.2) is 0 Å². The predicted molar refractivity (Wildman–Crippen MR) is 46.8 cm³/mol. The molecule has 2 nitrogen and oxygen atoms in total. The van der Waals surface area contributed by atoms with E-state index in [-0.39, 0.29) is 0 Å². The lowest BCUT2D eigenvalue weighted by Crippen LogP contribution is -2.39. The topological polar surface area (TPSA) is 12.5 Å². The highest BCUT2D eigenvalue weighted by atomic mass is 16.5. The van der Waals surface area contributed by atoms with Crippen LogP contribution in [0.1, 0.15) is 26.7 Å². The molecule has 0 saturated carbocycles. The Morgan fingerprint density at radius 3 is 2.91 bits per heavy atom. The molecule has 0 spiro atoms. The second-order valence-corrected chi connectivity index (χ2v) is 3.11. The first-order valence-corrected chi connectivity index (χ1v) is 4.70. The molecule has 0 radical (unpaired) electrons. The van der Waals surface area contributed by atoms with Crippen molar-refractivity contribution in [2.75, 3.05) is 26.2 Å². The summed E-state index contributed by atoms with van der Waals surface area (Å²) in [5.74, 6) is 0. The zero-order chi connectivity index (χ0) is 8.10. The molecule has 0 unspecified atom stereocenters. The molecule has 0 aromatic rings. The summed E-state index contributed by atoms with van der Waals surface area (Å²) in [6.07, 6.45) is 3.07. The van der Waals surface area contributed by atoms with E-state index in [2.05, 4.69) is 18.7 Å². The number of likely N-dealkylation sites (tertiary alicyclic amines) is 1. The summed E-state index contributed by atoms with van der Waals surface area (Å²) in [7, 11) is 0. The Hall–Kier alpha value is -0.0800. The van der Waals surface area contributed by atoms with Crippen LogP contribution in [0.15, 0.2) is 0 Å². The van der Waals surface area contributed by atoms with E-state index in [0.717, 1.165) is 13.2 Å². The highest BCUT2D eigenvalue weighted by molar-refractivity contribution is 4.71. The fraction of sp³-hybridized carbons (Fsp3) is 1.00. The fourth-order valence-electron chi connectivity index (χ4n) is 1.67. The number of piperidine rings is 1. The molecule has 1 saturated heterocycles. The Balaban J connectivity index is 2.21. The zero-order valence-electron chi connectivity index (χ0n) is 7.68. The maximum absolute atomic E-state index is 5.57. The van der Waals surface area contributed by atoms with Gasteiger partial charge in [-0.1, -0.05) is 6.92 Å². The standard InChI is InChI=1S/C9H19NO/c1-3-10-7-5-6-9(8-10)11-4-2/h9H,3-8H2,1-2H3/t9-/m0/s1. The van der Waals surface area contributed by atoms with Crippen molar-refractivity contribution in [1.82, 2.24) is 4.90 Å². The van der Waals surface area contributed by atoms with Gasteiger partial charge in [0.2, 0.25) is 0 Å². The van der Waals surface area contributed by atoms with Crippen LogP contribution in [0.2, 0.25) is 0 Å². The van der Waals surface area contributed by atoms with Crippen LogP contribution in [0, 0.1) is 0 Å². The van der Waals surface area contributed by atoms with Crippen LogP contribution in [-0.4, -0.2) is 37.2 Å². The number of rotatable bonds is 3. The number of hydrogen-bond acceptors (Lipinski definition) is 2. The predicted octanol–water partition coefficient (Wildman–Crippen LogP) is 1.51. The number of likely N-dealkylation sites (N-methyl/N-ethyl adjacent to an activating group) is 1. The lowest BCUT2D eigenvalue weighted by molar-refractivity contribution is 0.00751. The van der Waals surface area contributed by atoms with Gasteiger partial charge in [-0.2, -0.15) is 0 Å². The molecule has 1 aliphatic rings. The van der Waals surface area contributed by atoms with E-state index in [9.17, 15) is 0 Å². The average Bonchev–Trinajstić information content (AvgIpc) is 2.06. The fourth-order valence-corrected chi connectivity index (χ4v) is 1.67. The van der Waals surface area contributed by atoms with Crippen LogP contribution in [0.5, 0.6) is 0 Å². The van der Waals surface area contributed by atoms with E-state index >= 15 is 0 Å². The van der Waals surface area contributed by atoms with Gasteiger partial charge in [-0.15, -0.1) is 0 Å². The molecule has 0 aliphatic carbocycles. The van der Waals surface area contributed by atoms with Crippen molar-refractivity contribution >= 4 is 0 Å². The molecule has 0 bridgehead atoms. The van der Waals surface area contributed by atoms with E-state index in [4.69, 9.17) is 4.74 Å². The minimum atomic E-state index is 0.508. The van der Waals surface area contributed by atoms with E-state index in [1.807, 2.05) is 0 Å². The third-order valence-corrected chi connectivity index (χ3v) is 2.31. The summed E-state index contributed by atoms with van der Waals surface area (Å²) in [6.45, 7) is 8.73. The maximum Gasteiger partial charge on any atom is 0.0702 e. The molecular formula is C9H19NO. The average molecular weight is 157 g/mol. The first-order chi connectivity index (χ1) is 5.36. The smallest absolute Gasteiger partial charge is 0.0702 e. The lowest BCUT2D eigenvalue weighted by Gasteiger charge is -2.31. The van der Waals surface area contributed by atoms with Gasteiger partial charge in [0, 0.05) is 13.2 Å². The summed E-state index contributed by atoms with van der Waals surface area (Å²) in [5.41, 5.74) is 0. The van der Waals surface area contributed by atoms with Crippen molar-refractivity contribution in [2.24, 2.45) is 0 Å². The molecule has 0 aromatic carbocycles. The van der Waals surface area contributed by atoms with Gasteiger partial charge in [-0.3, -0.25) is 0 Å². The van der Waals surface area contributed by atoms with Crippen LogP contribution >= 0.6 is 0 Å². The Morgan fingerprint density at radius 2 is 2.27 bits per heavy atom. The number of ether oxygens (including phenoxy) is 1. The molecule has 1 atom stereocenters. The van der Waals surface area contributed by atoms with Crippen LogP contribution in [0.3, 0.4) is 0 Å². The van der Waals surface area contributed by atoms with Crippen molar-refractivity contribution in [3.05, 3.63) is 0 Å². The molecule has 0 N–H and O–H groups in total. The van der Waals surface area contributed by atoms with E-state index in [1.165, 1.54) is 25.9 Å². The van der Waals surface area contributed by atoms with Crippen molar-refractivity contribution in [2.45, 2.75) is 32.8 Å². The molecule has 11 heavy (non-hydrogen) atoms. The largest absolute Gasteiger partial charge is 0.377 e. The Morgan fingerprint density at radius 1 is 1.45 bits per heavy atom. The number of nitrogens with zero attached hydrogens (tertiary/aromatic N) is 1. The second-order valence-electron chi connectivity index (χ2n) is 3.11. The third-order valence-electron chi connectivity index (χ3n) is 2.31. The van der Waals surface area contributed by atoms with E-state index < -0.39 is 0 Å². The van der Waals surface area contributed by atoms with Gasteiger partial charge in [0.15, 0.2) is 0 Å². The van der Waals surface area contributed by atoms with Crippen LogP contribution in [-0.2, 0) is 4.74 Å². The molecule has 0 amide bonds. The molecule has 1 heterocycles. The molecular weight excluding hydrogens is 138 g/mol. The molecule has 66 valence electrons. The van der Waals surface area contributed by atoms with Gasteiger partial charge in [0.05, 0.1) is 6.10 Å². The van der Waals surface area contributed by atoms with Crippen LogP contribution in [0.4, 0.5) is 0 Å². The molecule has 1 rings (SSSR count). The molecule has 0 aromatic heterocycles. The Bertz CT molecular complexity index is 104. The van der Waals surface area contributed by atoms with Crippen LogP contribution < -0.4 is 0 Å². The minimum absolute atomic E-state index is 0.508. The summed E-state index contributed by atoms with van der Waals surface area (Å²) in [4.78, 5) is 2.46. The lowest BCUT2D eigenvalue weighted by atomic mass is 10.1. The van der Waals surface area contributed by atoms with Crippen molar-refractivity contribution in [1.29, 1.82) is 0 Å². The molecule has 2 heteroatoms. The Kier molecular flexibility index (Phi) is 3.87. The van der Waals surface area contributed by atoms with E-state index in [1.54, 1.807) is 0 Å². The van der Waals surface area contributed by atoms with Crippen molar-refractivity contribution < 1.29 is 4.74 Å². The van der Waals surface area contributed by atoms with Gasteiger partial charge >= 0.3 is 0 Å². The van der Waals surface area contributed by atoms with Gasteiger partial charge in [-0.05, 0) is 32.9 Å². The summed E-state index contributed by atoms with van der Waals surface area (Å²) in [5, 5.41) is 0.